The molecular formula is C18H15ClN6O2. The molecule has 136 valence electrons. The number of halogens is 1. The van der Waals surface area contributed by atoms with Gasteiger partial charge in [0.1, 0.15) is 5.82 Å². The average molecular weight is 383 g/mol. The van der Waals surface area contributed by atoms with E-state index in [9.17, 15) is 4.79 Å². The van der Waals surface area contributed by atoms with E-state index in [1.165, 1.54) is 0 Å². The Morgan fingerprint density at radius 1 is 1.30 bits per heavy atom. The van der Waals surface area contributed by atoms with Gasteiger partial charge in [-0.25, -0.2) is 9.67 Å². The lowest BCUT2D eigenvalue weighted by Gasteiger charge is -2.35. The first-order chi connectivity index (χ1) is 13.1. The van der Waals surface area contributed by atoms with E-state index in [2.05, 4.69) is 20.0 Å². The average Bonchev–Trinajstić information content (AvgIpc) is 3.26. The van der Waals surface area contributed by atoms with Crippen LogP contribution in [-0.2, 0) is 17.0 Å². The molecule has 0 radical (unpaired) electrons. The lowest BCUT2D eigenvalue weighted by Crippen LogP contribution is -2.43. The molecule has 1 fully saturated rings. The minimum Gasteiger partial charge on any atom is -0.363 e. The van der Waals surface area contributed by atoms with Gasteiger partial charge < -0.3 is 10.5 Å². The largest absolute Gasteiger partial charge is 0.363 e. The van der Waals surface area contributed by atoms with Crippen LogP contribution in [0, 0.1) is 0 Å². The number of primary amides is 1. The van der Waals surface area contributed by atoms with Gasteiger partial charge in [-0.05, 0) is 30.3 Å². The van der Waals surface area contributed by atoms with Crippen molar-refractivity contribution in [1.82, 2.24) is 24.6 Å². The first kappa shape index (κ1) is 16.4. The molecular weight excluding hydrogens is 368 g/mol. The number of carbonyl (C=O) groups excluding carboxylic acids is 1. The maximum atomic E-state index is 11.6. The second-order valence-electron chi connectivity index (χ2n) is 6.42. The van der Waals surface area contributed by atoms with Crippen LogP contribution in [0.3, 0.4) is 0 Å². The second kappa shape index (κ2) is 5.85. The van der Waals surface area contributed by atoms with Crippen LogP contribution in [0.4, 0.5) is 0 Å². The SMILES string of the molecule is NC(=O)c1nc2n(n1)-c1ccc(Cl)cc1C1(c3ccccn3)OCCN1C2. The van der Waals surface area contributed by atoms with Crippen LogP contribution >= 0.6 is 11.6 Å². The number of amides is 1. The van der Waals surface area contributed by atoms with Crippen LogP contribution in [0.2, 0.25) is 5.02 Å². The van der Waals surface area contributed by atoms with Crippen molar-refractivity contribution < 1.29 is 9.53 Å². The molecule has 1 saturated heterocycles. The summed E-state index contributed by atoms with van der Waals surface area (Å²) in [7, 11) is 0. The van der Waals surface area contributed by atoms with Gasteiger partial charge in [-0.1, -0.05) is 17.7 Å². The van der Waals surface area contributed by atoms with Gasteiger partial charge in [0.2, 0.25) is 5.82 Å². The molecule has 27 heavy (non-hydrogen) atoms. The Morgan fingerprint density at radius 3 is 2.96 bits per heavy atom. The van der Waals surface area contributed by atoms with E-state index >= 15 is 0 Å². The number of nitrogens with zero attached hydrogens (tertiary/aromatic N) is 5. The summed E-state index contributed by atoms with van der Waals surface area (Å²) in [4.78, 5) is 22.6. The maximum absolute atomic E-state index is 11.6. The van der Waals surface area contributed by atoms with Gasteiger partial charge in [0, 0.05) is 23.3 Å². The number of aromatic nitrogens is 4. The molecule has 8 nitrogen and oxygen atoms in total. The first-order valence-corrected chi connectivity index (χ1v) is 8.84. The normalized spacial score (nSPS) is 21.2. The van der Waals surface area contributed by atoms with Gasteiger partial charge in [0.25, 0.3) is 5.91 Å². The third kappa shape index (κ3) is 2.31. The van der Waals surface area contributed by atoms with Crippen LogP contribution in [0.5, 0.6) is 0 Å². The smallest absolute Gasteiger partial charge is 0.288 e. The minimum atomic E-state index is -0.906. The van der Waals surface area contributed by atoms with Crippen LogP contribution in [0.1, 0.15) is 27.7 Å². The van der Waals surface area contributed by atoms with Gasteiger partial charge >= 0.3 is 0 Å². The molecule has 2 aromatic heterocycles. The number of rotatable bonds is 2. The summed E-state index contributed by atoms with van der Waals surface area (Å²) in [5.41, 5.74) is 6.76. The molecule has 0 aliphatic carbocycles. The topological polar surface area (TPSA) is 99.2 Å². The molecule has 1 aromatic carbocycles. The number of hydrogen-bond acceptors (Lipinski definition) is 6. The van der Waals surface area contributed by atoms with Crippen molar-refractivity contribution in [2.24, 2.45) is 5.73 Å². The van der Waals surface area contributed by atoms with E-state index in [1.54, 1.807) is 16.9 Å². The highest BCUT2D eigenvalue weighted by atomic mass is 35.5. The van der Waals surface area contributed by atoms with Crippen molar-refractivity contribution in [3.05, 3.63) is 70.5 Å². The highest BCUT2D eigenvalue weighted by Gasteiger charge is 2.50. The third-order valence-corrected chi connectivity index (χ3v) is 5.14. The van der Waals surface area contributed by atoms with Gasteiger partial charge in [0.05, 0.1) is 24.5 Å². The molecule has 3 aromatic rings. The minimum absolute atomic E-state index is 0.0173. The Morgan fingerprint density at radius 2 is 2.19 bits per heavy atom. The van der Waals surface area contributed by atoms with E-state index in [-0.39, 0.29) is 5.82 Å². The molecule has 2 N–H and O–H groups in total. The fourth-order valence-corrected chi connectivity index (χ4v) is 3.98. The van der Waals surface area contributed by atoms with E-state index < -0.39 is 11.6 Å². The molecule has 5 rings (SSSR count). The van der Waals surface area contributed by atoms with E-state index in [0.717, 1.165) is 16.9 Å². The lowest BCUT2D eigenvalue weighted by atomic mass is 9.95. The predicted octanol–water partition coefficient (Wildman–Crippen LogP) is 1.46. The molecule has 1 atom stereocenters. The second-order valence-corrected chi connectivity index (χ2v) is 6.85. The number of ether oxygens (including phenoxy) is 1. The zero-order valence-electron chi connectivity index (χ0n) is 14.2. The summed E-state index contributed by atoms with van der Waals surface area (Å²) in [5.74, 6) is -0.0771. The van der Waals surface area contributed by atoms with Crippen LogP contribution in [0.25, 0.3) is 5.69 Å². The fourth-order valence-electron chi connectivity index (χ4n) is 3.81. The van der Waals surface area contributed by atoms with Gasteiger partial charge in [0.15, 0.2) is 5.72 Å². The zero-order valence-corrected chi connectivity index (χ0v) is 14.9. The number of pyridine rings is 1. The Hall–Kier alpha value is -2.81. The van der Waals surface area contributed by atoms with E-state index in [0.29, 0.717) is 30.5 Å². The molecule has 1 unspecified atom stereocenters. The molecule has 0 bridgehead atoms. The maximum Gasteiger partial charge on any atom is 0.288 e. The Labute approximate surface area is 159 Å². The number of benzene rings is 1. The van der Waals surface area contributed by atoms with Crippen LogP contribution in [-0.4, -0.2) is 43.7 Å². The van der Waals surface area contributed by atoms with Crippen molar-refractivity contribution in [1.29, 1.82) is 0 Å². The number of carbonyl (C=O) groups is 1. The van der Waals surface area contributed by atoms with E-state index in [1.807, 2.05) is 30.3 Å². The Kier molecular flexibility index (Phi) is 3.55. The quantitative estimate of drug-likeness (QED) is 0.720. The molecule has 2 aliphatic heterocycles. The first-order valence-electron chi connectivity index (χ1n) is 8.46. The Bertz CT molecular complexity index is 1050. The van der Waals surface area contributed by atoms with E-state index in [4.69, 9.17) is 22.1 Å². The number of nitrogens with two attached hydrogens (primary N) is 1. The summed E-state index contributed by atoms with van der Waals surface area (Å²) in [6.45, 7) is 1.61. The highest BCUT2D eigenvalue weighted by Crippen LogP contribution is 2.45. The number of fused-ring (bicyclic) bond motifs is 5. The summed E-state index contributed by atoms with van der Waals surface area (Å²) in [6.07, 6.45) is 1.74. The van der Waals surface area contributed by atoms with Gasteiger partial charge in [-0.2, -0.15) is 0 Å². The zero-order chi connectivity index (χ0) is 18.6. The summed E-state index contributed by atoms with van der Waals surface area (Å²) < 4.78 is 7.95. The monoisotopic (exact) mass is 382 g/mol. The molecule has 0 spiro atoms. The van der Waals surface area contributed by atoms with Crippen LogP contribution < -0.4 is 5.73 Å². The van der Waals surface area contributed by atoms with Crippen LogP contribution in [0.15, 0.2) is 42.6 Å². The predicted molar refractivity (Wildman–Crippen MR) is 96.3 cm³/mol. The Balaban J connectivity index is 1.83. The molecule has 1 amide bonds. The summed E-state index contributed by atoms with van der Waals surface area (Å²) >= 11 is 6.34. The standard InChI is InChI=1S/C18H15ClN6O2/c19-11-4-5-13-12(9-11)18(14-3-1-2-6-21-14)24(7-8-27-18)10-15-22-17(16(20)26)23-25(13)15/h1-6,9H,7-8,10H2,(H2,20,26). The van der Waals surface area contributed by atoms with Crippen molar-refractivity contribution in [2.45, 2.75) is 12.3 Å². The lowest BCUT2D eigenvalue weighted by molar-refractivity contribution is -0.0585. The molecule has 2 aliphatic rings. The third-order valence-electron chi connectivity index (χ3n) is 4.91. The highest BCUT2D eigenvalue weighted by molar-refractivity contribution is 6.30. The van der Waals surface area contributed by atoms with Gasteiger partial charge in [-0.15, -0.1) is 5.10 Å². The van der Waals surface area contributed by atoms with Crippen molar-refractivity contribution >= 4 is 17.5 Å². The molecule has 9 heteroatoms. The van der Waals surface area contributed by atoms with Gasteiger partial charge in [-0.3, -0.25) is 14.7 Å². The fraction of sp³-hybridized carbons (Fsp3) is 0.222. The summed E-state index contributed by atoms with van der Waals surface area (Å²) in [6, 6.07) is 11.2. The molecule has 4 heterocycles. The number of hydrogen-bond donors (Lipinski definition) is 1. The van der Waals surface area contributed by atoms with Crippen molar-refractivity contribution in [3.8, 4) is 5.69 Å². The van der Waals surface area contributed by atoms with Crippen molar-refractivity contribution in [3.63, 3.8) is 0 Å². The van der Waals surface area contributed by atoms with Crippen molar-refractivity contribution in [2.75, 3.05) is 13.2 Å². The molecule has 0 saturated carbocycles. The summed E-state index contributed by atoms with van der Waals surface area (Å²) in [5, 5.41) is 4.89.